The molecule has 0 bridgehead atoms. The van der Waals surface area contributed by atoms with Gasteiger partial charge in [0.1, 0.15) is 0 Å². The molecule has 0 saturated heterocycles. The maximum Gasteiger partial charge on any atom is 0.220 e. The van der Waals surface area contributed by atoms with E-state index in [4.69, 9.17) is 0 Å². The Labute approximate surface area is 117 Å². The minimum atomic E-state index is 0.0936. The van der Waals surface area contributed by atoms with Gasteiger partial charge >= 0.3 is 0 Å². The summed E-state index contributed by atoms with van der Waals surface area (Å²) in [6.45, 7) is 4.66. The third-order valence-electron chi connectivity index (χ3n) is 3.30. The third-order valence-corrected chi connectivity index (χ3v) is 4.18. The van der Waals surface area contributed by atoms with Crippen molar-refractivity contribution >= 4 is 17.2 Å². The first-order valence-corrected chi connectivity index (χ1v) is 7.24. The van der Waals surface area contributed by atoms with Crippen molar-refractivity contribution in [3.63, 3.8) is 0 Å². The van der Waals surface area contributed by atoms with Crippen molar-refractivity contribution in [1.82, 2.24) is 15.1 Å². The monoisotopic (exact) mass is 277 g/mol. The zero-order valence-electron chi connectivity index (χ0n) is 11.6. The van der Waals surface area contributed by atoms with Gasteiger partial charge in [-0.15, -0.1) is 11.3 Å². The molecule has 0 aliphatic heterocycles. The fraction of sp³-hybridized carbons (Fsp3) is 0.429. The number of hydrogen-bond acceptors (Lipinski definition) is 3. The van der Waals surface area contributed by atoms with Crippen molar-refractivity contribution in [3.05, 3.63) is 39.3 Å². The van der Waals surface area contributed by atoms with E-state index >= 15 is 0 Å². The molecule has 2 aromatic heterocycles. The normalized spacial score (nSPS) is 10.7. The summed E-state index contributed by atoms with van der Waals surface area (Å²) in [4.78, 5) is 13.0. The van der Waals surface area contributed by atoms with Crippen LogP contribution in [0.25, 0.3) is 0 Å². The number of carbonyl (C=O) groups is 1. The molecule has 1 N–H and O–H groups in total. The molecule has 0 fully saturated rings. The van der Waals surface area contributed by atoms with E-state index in [1.54, 1.807) is 11.3 Å². The van der Waals surface area contributed by atoms with Crippen molar-refractivity contribution < 1.29 is 4.79 Å². The molecule has 0 spiro atoms. The van der Waals surface area contributed by atoms with E-state index in [1.807, 2.05) is 43.1 Å². The minimum absolute atomic E-state index is 0.0936. The Morgan fingerprint density at radius 1 is 1.47 bits per heavy atom. The predicted molar refractivity (Wildman–Crippen MR) is 77.2 cm³/mol. The zero-order chi connectivity index (χ0) is 13.8. The fourth-order valence-corrected chi connectivity index (χ4v) is 2.75. The molecule has 5 heteroatoms. The van der Waals surface area contributed by atoms with Crippen LogP contribution in [0.3, 0.4) is 0 Å². The number of aryl methyl sites for hydroxylation is 2. The van der Waals surface area contributed by atoms with Gasteiger partial charge in [0.05, 0.1) is 12.2 Å². The van der Waals surface area contributed by atoms with Crippen LogP contribution in [0.1, 0.15) is 28.2 Å². The van der Waals surface area contributed by atoms with E-state index in [2.05, 4.69) is 10.4 Å². The lowest BCUT2D eigenvalue weighted by molar-refractivity contribution is -0.121. The second-order valence-corrected chi connectivity index (χ2v) is 5.66. The van der Waals surface area contributed by atoms with Gasteiger partial charge < -0.3 is 5.32 Å². The molecule has 2 aromatic rings. The zero-order valence-corrected chi connectivity index (χ0v) is 12.4. The summed E-state index contributed by atoms with van der Waals surface area (Å²) in [5.74, 6) is 0.0936. The molecule has 1 amide bonds. The molecule has 4 nitrogen and oxygen atoms in total. The number of nitrogens with zero attached hydrogens (tertiary/aromatic N) is 2. The quantitative estimate of drug-likeness (QED) is 0.912. The van der Waals surface area contributed by atoms with E-state index in [1.165, 1.54) is 10.4 Å². The number of aromatic nitrogens is 2. The fourth-order valence-electron chi connectivity index (χ4n) is 2.11. The van der Waals surface area contributed by atoms with E-state index in [0.29, 0.717) is 13.0 Å². The summed E-state index contributed by atoms with van der Waals surface area (Å²) in [5.41, 5.74) is 3.35. The number of thiophene rings is 1. The van der Waals surface area contributed by atoms with E-state index < -0.39 is 0 Å². The molecule has 0 aliphatic carbocycles. The Balaban J connectivity index is 1.83. The van der Waals surface area contributed by atoms with Crippen LogP contribution in [0, 0.1) is 13.8 Å². The van der Waals surface area contributed by atoms with Gasteiger partial charge in [-0.3, -0.25) is 9.48 Å². The van der Waals surface area contributed by atoms with Gasteiger partial charge in [-0.2, -0.15) is 5.10 Å². The van der Waals surface area contributed by atoms with Gasteiger partial charge in [-0.1, -0.05) is 6.07 Å². The van der Waals surface area contributed by atoms with E-state index in [-0.39, 0.29) is 5.91 Å². The highest BCUT2D eigenvalue weighted by Gasteiger charge is 2.11. The third kappa shape index (κ3) is 3.44. The lowest BCUT2D eigenvalue weighted by Gasteiger charge is -2.04. The summed E-state index contributed by atoms with van der Waals surface area (Å²) in [5, 5.41) is 9.32. The standard InChI is InChI=1S/C14H19N3OS/c1-10-13(11(2)17(3)16-10)6-7-14(18)15-9-12-5-4-8-19-12/h4-5,8H,6-7,9H2,1-3H3,(H,15,18). The predicted octanol–water partition coefficient (Wildman–Crippen LogP) is 2.35. The Bertz CT molecular complexity index is 558. The maximum absolute atomic E-state index is 11.8. The van der Waals surface area contributed by atoms with Crippen LogP contribution in [-0.2, 0) is 24.8 Å². The second kappa shape index (κ2) is 6.02. The van der Waals surface area contributed by atoms with E-state index in [9.17, 15) is 4.79 Å². The first kappa shape index (κ1) is 13.8. The molecule has 19 heavy (non-hydrogen) atoms. The van der Waals surface area contributed by atoms with Gasteiger partial charge in [0.2, 0.25) is 5.91 Å². The molecule has 0 aromatic carbocycles. The van der Waals surface area contributed by atoms with Crippen LogP contribution in [0.4, 0.5) is 0 Å². The average Bonchev–Trinajstić information content (AvgIpc) is 2.96. The summed E-state index contributed by atoms with van der Waals surface area (Å²) < 4.78 is 1.87. The SMILES string of the molecule is Cc1nn(C)c(C)c1CCC(=O)NCc1cccs1. The Kier molecular flexibility index (Phi) is 4.37. The Hall–Kier alpha value is -1.62. The lowest BCUT2D eigenvalue weighted by atomic mass is 10.1. The van der Waals surface area contributed by atoms with Crippen molar-refractivity contribution in [3.8, 4) is 0 Å². The number of hydrogen-bond donors (Lipinski definition) is 1. The van der Waals surface area contributed by atoms with Gasteiger partial charge in [0, 0.05) is 24.0 Å². The van der Waals surface area contributed by atoms with Crippen molar-refractivity contribution in [2.75, 3.05) is 0 Å². The summed E-state index contributed by atoms with van der Waals surface area (Å²) in [6, 6.07) is 4.02. The molecule has 102 valence electrons. The number of carbonyl (C=O) groups excluding carboxylic acids is 1. The number of nitrogens with one attached hydrogen (secondary N) is 1. The highest BCUT2D eigenvalue weighted by atomic mass is 32.1. The Morgan fingerprint density at radius 2 is 2.26 bits per heavy atom. The van der Waals surface area contributed by atoms with Crippen LogP contribution in [0.5, 0.6) is 0 Å². The van der Waals surface area contributed by atoms with Crippen LogP contribution in [0.15, 0.2) is 17.5 Å². The van der Waals surface area contributed by atoms with Crippen LogP contribution in [0.2, 0.25) is 0 Å². The molecule has 0 radical (unpaired) electrons. The smallest absolute Gasteiger partial charge is 0.220 e. The van der Waals surface area contributed by atoms with Gasteiger partial charge in [-0.25, -0.2) is 0 Å². The number of amides is 1. The molecule has 0 saturated carbocycles. The van der Waals surface area contributed by atoms with Crippen molar-refractivity contribution in [1.29, 1.82) is 0 Å². The van der Waals surface area contributed by atoms with Gasteiger partial charge in [-0.05, 0) is 37.3 Å². The average molecular weight is 277 g/mol. The lowest BCUT2D eigenvalue weighted by Crippen LogP contribution is -2.22. The van der Waals surface area contributed by atoms with Gasteiger partial charge in [0.25, 0.3) is 0 Å². The minimum Gasteiger partial charge on any atom is -0.351 e. The molecular formula is C14H19N3OS. The molecular weight excluding hydrogens is 258 g/mol. The van der Waals surface area contributed by atoms with Crippen LogP contribution < -0.4 is 5.32 Å². The topological polar surface area (TPSA) is 46.9 Å². The summed E-state index contributed by atoms with van der Waals surface area (Å²) >= 11 is 1.66. The van der Waals surface area contributed by atoms with Crippen molar-refractivity contribution in [2.45, 2.75) is 33.2 Å². The largest absolute Gasteiger partial charge is 0.351 e. The summed E-state index contributed by atoms with van der Waals surface area (Å²) in [6.07, 6.45) is 1.26. The van der Waals surface area contributed by atoms with Crippen LogP contribution >= 0.6 is 11.3 Å². The first-order chi connectivity index (χ1) is 9.08. The molecule has 0 atom stereocenters. The molecule has 0 aliphatic rings. The molecule has 0 unspecified atom stereocenters. The molecule has 2 heterocycles. The maximum atomic E-state index is 11.8. The van der Waals surface area contributed by atoms with E-state index in [0.717, 1.165) is 17.8 Å². The Morgan fingerprint density at radius 3 is 2.84 bits per heavy atom. The first-order valence-electron chi connectivity index (χ1n) is 6.36. The van der Waals surface area contributed by atoms with Crippen molar-refractivity contribution in [2.24, 2.45) is 7.05 Å². The number of rotatable bonds is 5. The second-order valence-electron chi connectivity index (χ2n) is 4.63. The highest BCUT2D eigenvalue weighted by molar-refractivity contribution is 7.09. The highest BCUT2D eigenvalue weighted by Crippen LogP contribution is 2.14. The van der Waals surface area contributed by atoms with Crippen LogP contribution in [-0.4, -0.2) is 15.7 Å². The van der Waals surface area contributed by atoms with Gasteiger partial charge in [0.15, 0.2) is 0 Å². The summed E-state index contributed by atoms with van der Waals surface area (Å²) in [7, 11) is 1.93. The molecule has 2 rings (SSSR count).